The van der Waals surface area contributed by atoms with Gasteiger partial charge in [0.2, 0.25) is 5.91 Å². The van der Waals surface area contributed by atoms with Gasteiger partial charge >= 0.3 is 5.69 Å². The molecule has 0 atom stereocenters. The van der Waals surface area contributed by atoms with Crippen LogP contribution in [0.3, 0.4) is 0 Å². The second kappa shape index (κ2) is 8.97. The molecule has 0 aliphatic rings. The number of amides is 1. The third-order valence-corrected chi connectivity index (χ3v) is 5.25. The molecular weight excluding hydrogens is 408 g/mol. The Labute approximate surface area is 185 Å². The van der Waals surface area contributed by atoms with Gasteiger partial charge in [-0.2, -0.15) is 0 Å². The van der Waals surface area contributed by atoms with Crippen LogP contribution in [0.1, 0.15) is 11.1 Å². The van der Waals surface area contributed by atoms with Gasteiger partial charge in [-0.05, 0) is 37.3 Å². The number of para-hydroxylation sites is 1. The summed E-state index contributed by atoms with van der Waals surface area (Å²) in [6.45, 7) is 2.09. The lowest BCUT2D eigenvalue weighted by atomic mass is 10.2. The van der Waals surface area contributed by atoms with E-state index in [1.54, 1.807) is 38.6 Å². The number of methoxy groups -OCH3 is 2. The summed E-state index contributed by atoms with van der Waals surface area (Å²) in [6, 6.07) is 16.6. The van der Waals surface area contributed by atoms with Crippen LogP contribution in [0.25, 0.3) is 16.9 Å². The van der Waals surface area contributed by atoms with Crippen molar-refractivity contribution in [2.75, 3.05) is 14.2 Å². The summed E-state index contributed by atoms with van der Waals surface area (Å²) in [5.74, 6) is 0.846. The summed E-state index contributed by atoms with van der Waals surface area (Å²) in [4.78, 5) is 30.4. The van der Waals surface area contributed by atoms with Gasteiger partial charge in [0.05, 0.1) is 25.4 Å². The number of benzene rings is 2. The summed E-state index contributed by atoms with van der Waals surface area (Å²) in [7, 11) is 3.11. The molecule has 0 spiro atoms. The van der Waals surface area contributed by atoms with Crippen molar-refractivity contribution in [2.45, 2.75) is 20.0 Å². The van der Waals surface area contributed by atoms with Gasteiger partial charge in [-0.15, -0.1) is 0 Å². The fraction of sp³-hybridized carbons (Fsp3) is 0.208. The Morgan fingerprint density at radius 1 is 1.03 bits per heavy atom. The molecule has 4 rings (SSSR count). The average molecular weight is 432 g/mol. The highest BCUT2D eigenvalue weighted by molar-refractivity contribution is 5.80. The van der Waals surface area contributed by atoms with E-state index in [4.69, 9.17) is 9.47 Å². The Hall–Kier alpha value is -4.07. The summed E-state index contributed by atoms with van der Waals surface area (Å²) in [5, 5.41) is 2.86. The Balaban J connectivity index is 1.61. The van der Waals surface area contributed by atoms with E-state index in [1.807, 2.05) is 43.3 Å². The standard InChI is InChI=1S/C24H24N4O4/c1-16-9-11-18(12-10-16)28-23-19(7-5-13-25-23)27(24(28)30)15-21(29)26-14-17-6-4-8-20(31-2)22(17)32-3/h4-13H,14-15H2,1-3H3,(H,26,29). The van der Waals surface area contributed by atoms with Crippen LogP contribution in [0, 0.1) is 6.92 Å². The fourth-order valence-corrected chi connectivity index (χ4v) is 3.65. The van der Waals surface area contributed by atoms with Gasteiger partial charge in [0, 0.05) is 18.3 Å². The lowest BCUT2D eigenvalue weighted by molar-refractivity contribution is -0.121. The number of hydrogen-bond donors (Lipinski definition) is 1. The Bertz CT molecular complexity index is 1320. The first-order valence-electron chi connectivity index (χ1n) is 10.1. The van der Waals surface area contributed by atoms with E-state index in [1.165, 1.54) is 9.13 Å². The van der Waals surface area contributed by atoms with E-state index in [2.05, 4.69) is 10.3 Å². The first-order chi connectivity index (χ1) is 15.5. The van der Waals surface area contributed by atoms with Crippen LogP contribution in [0.5, 0.6) is 11.5 Å². The smallest absolute Gasteiger partial charge is 0.335 e. The van der Waals surface area contributed by atoms with Gasteiger partial charge in [-0.1, -0.05) is 29.8 Å². The maximum absolute atomic E-state index is 13.2. The van der Waals surface area contributed by atoms with Crippen LogP contribution in [0.15, 0.2) is 65.6 Å². The number of fused-ring (bicyclic) bond motifs is 1. The van der Waals surface area contributed by atoms with Gasteiger partial charge in [0.15, 0.2) is 17.1 Å². The van der Waals surface area contributed by atoms with Crippen LogP contribution >= 0.6 is 0 Å². The summed E-state index contributed by atoms with van der Waals surface area (Å²) in [5.41, 5.74) is 3.33. The summed E-state index contributed by atoms with van der Waals surface area (Å²) >= 11 is 0. The third-order valence-electron chi connectivity index (χ3n) is 5.25. The van der Waals surface area contributed by atoms with Crippen molar-refractivity contribution < 1.29 is 14.3 Å². The molecule has 2 heterocycles. The molecule has 2 aromatic heterocycles. The maximum Gasteiger partial charge on any atom is 0.335 e. The predicted octanol–water partition coefficient (Wildman–Crippen LogP) is 2.83. The number of aryl methyl sites for hydroxylation is 1. The van der Waals surface area contributed by atoms with Crippen molar-refractivity contribution in [3.63, 3.8) is 0 Å². The largest absolute Gasteiger partial charge is 0.493 e. The molecule has 0 saturated heterocycles. The van der Waals surface area contributed by atoms with Crippen molar-refractivity contribution in [3.8, 4) is 17.2 Å². The zero-order valence-electron chi connectivity index (χ0n) is 18.2. The normalized spacial score (nSPS) is 10.8. The van der Waals surface area contributed by atoms with Crippen LogP contribution in [-0.4, -0.2) is 34.2 Å². The van der Waals surface area contributed by atoms with E-state index >= 15 is 0 Å². The molecular formula is C24H24N4O4. The number of imidazole rings is 1. The molecule has 4 aromatic rings. The van der Waals surface area contributed by atoms with Gasteiger partial charge in [0.25, 0.3) is 0 Å². The predicted molar refractivity (Wildman–Crippen MR) is 121 cm³/mol. The molecule has 164 valence electrons. The molecule has 1 N–H and O–H groups in total. The lowest BCUT2D eigenvalue weighted by Gasteiger charge is -2.13. The fourth-order valence-electron chi connectivity index (χ4n) is 3.65. The minimum absolute atomic E-state index is 0.133. The third kappa shape index (κ3) is 3.94. The number of carbonyl (C=O) groups is 1. The average Bonchev–Trinajstić information content (AvgIpc) is 3.09. The van der Waals surface area contributed by atoms with Crippen LogP contribution in [-0.2, 0) is 17.9 Å². The Morgan fingerprint density at radius 3 is 2.53 bits per heavy atom. The molecule has 8 nitrogen and oxygen atoms in total. The molecule has 2 aromatic carbocycles. The minimum Gasteiger partial charge on any atom is -0.493 e. The Morgan fingerprint density at radius 2 is 1.81 bits per heavy atom. The van der Waals surface area contributed by atoms with E-state index in [-0.39, 0.29) is 24.7 Å². The number of ether oxygens (including phenoxy) is 2. The van der Waals surface area contributed by atoms with E-state index in [0.717, 1.165) is 11.1 Å². The molecule has 0 aliphatic heterocycles. The van der Waals surface area contributed by atoms with Gasteiger partial charge in [-0.3, -0.25) is 9.36 Å². The number of carbonyl (C=O) groups excluding carboxylic acids is 1. The minimum atomic E-state index is -0.323. The monoisotopic (exact) mass is 432 g/mol. The number of nitrogens with zero attached hydrogens (tertiary/aromatic N) is 3. The van der Waals surface area contributed by atoms with Crippen molar-refractivity contribution in [3.05, 3.63) is 82.4 Å². The number of rotatable bonds is 7. The van der Waals surface area contributed by atoms with Gasteiger partial charge in [0.1, 0.15) is 6.54 Å². The molecule has 0 unspecified atom stereocenters. The molecule has 0 fully saturated rings. The second-order valence-corrected chi connectivity index (χ2v) is 7.32. The number of hydrogen-bond acceptors (Lipinski definition) is 5. The Kier molecular flexibility index (Phi) is 5.93. The molecule has 0 aliphatic carbocycles. The van der Waals surface area contributed by atoms with Crippen LogP contribution in [0.2, 0.25) is 0 Å². The summed E-state index contributed by atoms with van der Waals surface area (Å²) in [6.07, 6.45) is 1.63. The highest BCUT2D eigenvalue weighted by Crippen LogP contribution is 2.30. The first-order valence-corrected chi connectivity index (χ1v) is 10.1. The molecule has 0 saturated carbocycles. The molecule has 8 heteroatoms. The lowest BCUT2D eigenvalue weighted by Crippen LogP contribution is -2.32. The second-order valence-electron chi connectivity index (χ2n) is 7.32. The zero-order valence-corrected chi connectivity index (χ0v) is 18.2. The molecule has 0 radical (unpaired) electrons. The van der Waals surface area contributed by atoms with Crippen molar-refractivity contribution in [1.82, 2.24) is 19.4 Å². The number of pyridine rings is 1. The first kappa shape index (κ1) is 21.2. The van der Waals surface area contributed by atoms with Gasteiger partial charge < -0.3 is 14.8 Å². The SMILES string of the molecule is COc1cccc(CNC(=O)Cn2c(=O)n(-c3ccc(C)cc3)c3ncccc32)c1OC. The van der Waals surface area contributed by atoms with Crippen LogP contribution < -0.4 is 20.5 Å². The highest BCUT2D eigenvalue weighted by atomic mass is 16.5. The van der Waals surface area contributed by atoms with Gasteiger partial charge in [-0.25, -0.2) is 14.3 Å². The van der Waals surface area contributed by atoms with E-state index in [0.29, 0.717) is 28.4 Å². The summed E-state index contributed by atoms with van der Waals surface area (Å²) < 4.78 is 13.7. The maximum atomic E-state index is 13.2. The quantitative estimate of drug-likeness (QED) is 0.485. The number of aromatic nitrogens is 3. The van der Waals surface area contributed by atoms with E-state index < -0.39 is 0 Å². The topological polar surface area (TPSA) is 87.4 Å². The van der Waals surface area contributed by atoms with Crippen molar-refractivity contribution in [1.29, 1.82) is 0 Å². The molecule has 1 amide bonds. The molecule has 32 heavy (non-hydrogen) atoms. The highest BCUT2D eigenvalue weighted by Gasteiger charge is 2.18. The van der Waals surface area contributed by atoms with Crippen molar-refractivity contribution >= 4 is 17.1 Å². The van der Waals surface area contributed by atoms with Crippen LogP contribution in [0.4, 0.5) is 0 Å². The van der Waals surface area contributed by atoms with E-state index in [9.17, 15) is 9.59 Å². The zero-order chi connectivity index (χ0) is 22.7. The molecule has 0 bridgehead atoms. The number of nitrogens with one attached hydrogen (secondary N) is 1. The van der Waals surface area contributed by atoms with Crippen molar-refractivity contribution in [2.24, 2.45) is 0 Å².